The van der Waals surface area contributed by atoms with Gasteiger partial charge < -0.3 is 16.0 Å². The van der Waals surface area contributed by atoms with Crippen molar-refractivity contribution >= 4 is 45.7 Å². The quantitative estimate of drug-likeness (QED) is 0.246. The highest BCUT2D eigenvalue weighted by Gasteiger charge is 2.17. The second kappa shape index (κ2) is 14.7. The first kappa shape index (κ1) is 28.7. The van der Waals surface area contributed by atoms with E-state index in [1.165, 1.54) is 0 Å². The molecule has 0 aliphatic rings. The van der Waals surface area contributed by atoms with Crippen molar-refractivity contribution in [1.29, 1.82) is 0 Å². The smallest absolute Gasteiger partial charge is 0.224 e. The van der Waals surface area contributed by atoms with E-state index in [1.807, 2.05) is 38.1 Å². The number of para-hydroxylation sites is 1. The van der Waals surface area contributed by atoms with Crippen molar-refractivity contribution < 1.29 is 9.59 Å². The van der Waals surface area contributed by atoms with Gasteiger partial charge in [0.05, 0.1) is 11.2 Å². The normalized spacial score (nSPS) is 10.9. The van der Waals surface area contributed by atoms with E-state index in [0.29, 0.717) is 31.6 Å². The van der Waals surface area contributed by atoms with E-state index in [9.17, 15) is 9.59 Å². The molecule has 0 aliphatic heterocycles. The van der Waals surface area contributed by atoms with Crippen molar-refractivity contribution in [3.8, 4) is 0 Å². The molecule has 7 heteroatoms. The first-order valence-electron chi connectivity index (χ1n) is 12.1. The first-order chi connectivity index (χ1) is 15.7. The van der Waals surface area contributed by atoms with E-state index in [-0.39, 0.29) is 22.4 Å². The molecule has 0 unspecified atom stereocenters. The molecular weight excluding hydrogens is 436 g/mol. The number of halogens is 1. The molecule has 0 bridgehead atoms. The van der Waals surface area contributed by atoms with Gasteiger partial charge in [-0.2, -0.15) is 0 Å². The molecule has 0 fully saturated rings. The summed E-state index contributed by atoms with van der Waals surface area (Å²) in [6.07, 6.45) is 4.48. The van der Waals surface area contributed by atoms with Crippen molar-refractivity contribution in [3.63, 3.8) is 0 Å². The lowest BCUT2D eigenvalue weighted by atomic mass is 9.92. The number of anilines is 2. The Kier molecular flexibility index (Phi) is 12.8. The van der Waals surface area contributed by atoms with Crippen molar-refractivity contribution in [2.45, 2.75) is 80.1 Å². The Morgan fingerprint density at radius 1 is 0.970 bits per heavy atom. The van der Waals surface area contributed by atoms with Gasteiger partial charge in [0, 0.05) is 31.3 Å². The van der Waals surface area contributed by atoms with Gasteiger partial charge >= 0.3 is 0 Å². The van der Waals surface area contributed by atoms with Crippen LogP contribution >= 0.6 is 11.6 Å². The number of carbonyl (C=O) groups is 2. The molecule has 1 aromatic carbocycles. The molecule has 0 saturated carbocycles. The molecule has 6 nitrogen and oxygen atoms in total. The summed E-state index contributed by atoms with van der Waals surface area (Å²) in [5.74, 6) is 0.0230. The van der Waals surface area contributed by atoms with Gasteiger partial charge in [0.15, 0.2) is 5.15 Å². The lowest BCUT2D eigenvalue weighted by Gasteiger charge is -2.18. The van der Waals surface area contributed by atoms with E-state index in [1.54, 1.807) is 0 Å². The fourth-order valence-corrected chi connectivity index (χ4v) is 3.49. The first-order valence-corrected chi connectivity index (χ1v) is 12.5. The molecule has 2 amide bonds. The van der Waals surface area contributed by atoms with Gasteiger partial charge in [0.2, 0.25) is 11.8 Å². The maximum absolute atomic E-state index is 12.3. The van der Waals surface area contributed by atoms with E-state index in [4.69, 9.17) is 11.6 Å². The standard InChI is InChI=1S/C24H35ClN4O2.C2H6/c1-5-6-13-19(30)29-22-21(17-11-7-8-12-18(17)28-23(22)25)27-15-10-9-14-26-20(31)16-24(2,3)4;1-2/h7-8,11-12H,5-6,9-10,13-16H2,1-4H3,(H,26,31)(H,27,28)(H,29,30);1-2H3. The van der Waals surface area contributed by atoms with Crippen LogP contribution in [0.25, 0.3) is 10.9 Å². The number of carbonyl (C=O) groups excluding carboxylic acids is 2. The highest BCUT2D eigenvalue weighted by atomic mass is 35.5. The van der Waals surface area contributed by atoms with Crippen LogP contribution in [0.2, 0.25) is 5.15 Å². The predicted octanol–water partition coefficient (Wildman–Crippen LogP) is 6.79. The van der Waals surface area contributed by atoms with Crippen LogP contribution in [0.3, 0.4) is 0 Å². The van der Waals surface area contributed by atoms with Gasteiger partial charge in [-0.05, 0) is 30.7 Å². The van der Waals surface area contributed by atoms with Crippen molar-refractivity contribution in [2.75, 3.05) is 23.7 Å². The Bertz CT molecular complexity index is 894. The van der Waals surface area contributed by atoms with Crippen LogP contribution in [-0.4, -0.2) is 29.9 Å². The maximum Gasteiger partial charge on any atom is 0.224 e. The summed E-state index contributed by atoms with van der Waals surface area (Å²) in [6, 6.07) is 7.72. The van der Waals surface area contributed by atoms with Gasteiger partial charge in [-0.3, -0.25) is 9.59 Å². The van der Waals surface area contributed by atoms with E-state index >= 15 is 0 Å². The number of amides is 2. The molecule has 0 atom stereocenters. The zero-order chi connectivity index (χ0) is 24.9. The lowest BCUT2D eigenvalue weighted by molar-refractivity contribution is -0.122. The Hall–Kier alpha value is -2.34. The summed E-state index contributed by atoms with van der Waals surface area (Å²) in [5, 5.41) is 10.5. The monoisotopic (exact) mass is 476 g/mol. The number of hydrogen-bond donors (Lipinski definition) is 3. The van der Waals surface area contributed by atoms with Gasteiger partial charge in [0.25, 0.3) is 0 Å². The number of unbranched alkanes of at least 4 members (excludes halogenated alkanes) is 2. The SMILES string of the molecule is CC.CCCCC(=O)Nc1c(Cl)nc2ccccc2c1NCCCCNC(=O)CC(C)(C)C. The van der Waals surface area contributed by atoms with Crippen LogP contribution in [-0.2, 0) is 9.59 Å². The van der Waals surface area contributed by atoms with Crippen LogP contribution < -0.4 is 16.0 Å². The number of pyridine rings is 1. The number of nitrogens with one attached hydrogen (secondary N) is 3. The predicted molar refractivity (Wildman–Crippen MR) is 141 cm³/mol. The second-order valence-corrected chi connectivity index (χ2v) is 9.40. The molecule has 0 saturated heterocycles. The molecule has 0 aliphatic carbocycles. The molecule has 0 spiro atoms. The second-order valence-electron chi connectivity index (χ2n) is 9.04. The minimum atomic E-state index is -0.0644. The third-order valence-corrected chi connectivity index (χ3v) is 5.06. The molecule has 2 aromatic rings. The van der Waals surface area contributed by atoms with E-state index < -0.39 is 0 Å². The number of fused-ring (bicyclic) bond motifs is 1. The fraction of sp³-hybridized carbons (Fsp3) is 0.577. The highest BCUT2D eigenvalue weighted by molar-refractivity contribution is 6.34. The van der Waals surface area contributed by atoms with Crippen LogP contribution in [0, 0.1) is 5.41 Å². The minimum absolute atomic E-state index is 0.00866. The van der Waals surface area contributed by atoms with Crippen LogP contribution in [0.1, 0.15) is 80.1 Å². The van der Waals surface area contributed by atoms with Gasteiger partial charge in [0.1, 0.15) is 5.69 Å². The number of benzene rings is 1. The number of aromatic nitrogens is 1. The van der Waals surface area contributed by atoms with Crippen molar-refractivity contribution in [3.05, 3.63) is 29.4 Å². The van der Waals surface area contributed by atoms with Gasteiger partial charge in [-0.15, -0.1) is 0 Å². The van der Waals surface area contributed by atoms with Crippen LogP contribution in [0.4, 0.5) is 11.4 Å². The Morgan fingerprint density at radius 3 is 2.30 bits per heavy atom. The molecule has 1 heterocycles. The summed E-state index contributed by atoms with van der Waals surface area (Å²) in [4.78, 5) is 28.7. The number of rotatable bonds is 11. The maximum atomic E-state index is 12.3. The number of nitrogens with zero attached hydrogens (tertiary/aromatic N) is 1. The summed E-state index contributed by atoms with van der Waals surface area (Å²) >= 11 is 6.42. The largest absolute Gasteiger partial charge is 0.383 e. The summed E-state index contributed by atoms with van der Waals surface area (Å²) in [6.45, 7) is 13.6. The van der Waals surface area contributed by atoms with Gasteiger partial charge in [-0.1, -0.05) is 77.8 Å². The summed E-state index contributed by atoms with van der Waals surface area (Å²) < 4.78 is 0. The molecule has 2 rings (SSSR count). The lowest BCUT2D eigenvalue weighted by Crippen LogP contribution is -2.28. The summed E-state index contributed by atoms with van der Waals surface area (Å²) in [5.41, 5.74) is 2.08. The third-order valence-electron chi connectivity index (χ3n) is 4.79. The fourth-order valence-electron chi connectivity index (χ4n) is 3.25. The average Bonchev–Trinajstić information content (AvgIpc) is 2.76. The molecule has 0 radical (unpaired) electrons. The molecule has 33 heavy (non-hydrogen) atoms. The van der Waals surface area contributed by atoms with E-state index in [2.05, 4.69) is 48.6 Å². The van der Waals surface area contributed by atoms with Crippen LogP contribution in [0.5, 0.6) is 0 Å². The molecular formula is C26H41ClN4O2. The topological polar surface area (TPSA) is 83.1 Å². The highest BCUT2D eigenvalue weighted by Crippen LogP contribution is 2.36. The van der Waals surface area contributed by atoms with Crippen LogP contribution in [0.15, 0.2) is 24.3 Å². The zero-order valence-electron chi connectivity index (χ0n) is 21.1. The Morgan fingerprint density at radius 2 is 1.64 bits per heavy atom. The average molecular weight is 477 g/mol. The van der Waals surface area contributed by atoms with E-state index in [0.717, 1.165) is 42.3 Å². The van der Waals surface area contributed by atoms with Gasteiger partial charge in [-0.25, -0.2) is 4.98 Å². The van der Waals surface area contributed by atoms with Crippen molar-refractivity contribution in [2.24, 2.45) is 5.41 Å². The number of hydrogen-bond acceptors (Lipinski definition) is 4. The Labute approximate surface area is 204 Å². The molecule has 1 aromatic heterocycles. The summed E-state index contributed by atoms with van der Waals surface area (Å²) in [7, 11) is 0. The third kappa shape index (κ3) is 10.4. The zero-order valence-corrected chi connectivity index (χ0v) is 21.9. The molecule has 3 N–H and O–H groups in total. The molecule has 184 valence electrons. The Balaban J connectivity index is 0.00000265. The van der Waals surface area contributed by atoms with Crippen molar-refractivity contribution in [1.82, 2.24) is 10.3 Å². The minimum Gasteiger partial charge on any atom is -0.383 e.